The Morgan fingerprint density at radius 2 is 2.06 bits per heavy atom. The minimum Gasteiger partial charge on any atom is -0.493 e. The summed E-state index contributed by atoms with van der Waals surface area (Å²) in [6.45, 7) is 6.96. The molecular formula is C13H22NO2+. The second kappa shape index (κ2) is 7.25. The Labute approximate surface area is 97.4 Å². The molecule has 0 saturated carbocycles. The maximum Gasteiger partial charge on any atom is 0.122 e. The first-order chi connectivity index (χ1) is 7.75. The molecule has 1 aromatic rings. The number of aliphatic hydroxyl groups is 1. The van der Waals surface area contributed by atoms with E-state index in [1.54, 1.807) is 0 Å². The Hall–Kier alpha value is -1.06. The Balaban J connectivity index is 2.24. The van der Waals surface area contributed by atoms with Gasteiger partial charge in [-0.25, -0.2) is 0 Å². The first-order valence-electron chi connectivity index (χ1n) is 5.87. The highest BCUT2D eigenvalue weighted by atomic mass is 16.5. The molecule has 1 rings (SSSR count). The first-order valence-corrected chi connectivity index (χ1v) is 5.87. The van der Waals surface area contributed by atoms with Gasteiger partial charge in [-0.15, -0.1) is 0 Å². The van der Waals surface area contributed by atoms with Crippen LogP contribution < -0.4 is 10.1 Å². The van der Waals surface area contributed by atoms with Gasteiger partial charge in [-0.3, -0.25) is 0 Å². The third kappa shape index (κ3) is 4.21. The molecule has 0 radical (unpaired) electrons. The lowest BCUT2D eigenvalue weighted by Gasteiger charge is -2.10. The van der Waals surface area contributed by atoms with Crippen molar-refractivity contribution in [3.8, 4) is 5.75 Å². The molecule has 0 fully saturated rings. The van der Waals surface area contributed by atoms with Gasteiger partial charge in [-0.05, 0) is 31.0 Å². The number of hydrogen-bond acceptors (Lipinski definition) is 2. The predicted molar refractivity (Wildman–Crippen MR) is 64.8 cm³/mol. The molecule has 3 N–H and O–H groups in total. The van der Waals surface area contributed by atoms with Crippen LogP contribution in [0.4, 0.5) is 0 Å². The van der Waals surface area contributed by atoms with Crippen molar-refractivity contribution in [2.45, 2.75) is 20.3 Å². The molecule has 0 saturated heterocycles. The quantitative estimate of drug-likeness (QED) is 0.667. The Morgan fingerprint density at radius 3 is 2.81 bits per heavy atom. The van der Waals surface area contributed by atoms with Gasteiger partial charge >= 0.3 is 0 Å². The van der Waals surface area contributed by atoms with E-state index in [2.05, 4.69) is 25.2 Å². The molecule has 0 aromatic heterocycles. The number of aryl methyl sites for hydroxylation is 1. The minimum atomic E-state index is 0.248. The molecule has 3 nitrogen and oxygen atoms in total. The summed E-state index contributed by atoms with van der Waals surface area (Å²) in [5, 5.41) is 10.7. The van der Waals surface area contributed by atoms with Crippen molar-refractivity contribution in [3.05, 3.63) is 29.3 Å². The largest absolute Gasteiger partial charge is 0.493 e. The zero-order chi connectivity index (χ0) is 11.8. The fourth-order valence-corrected chi connectivity index (χ4v) is 1.53. The maximum absolute atomic E-state index is 8.61. The lowest BCUT2D eigenvalue weighted by Crippen LogP contribution is -2.85. The zero-order valence-corrected chi connectivity index (χ0v) is 10.2. The number of quaternary nitrogens is 1. The minimum absolute atomic E-state index is 0.248. The predicted octanol–water partition coefficient (Wildman–Crippen LogP) is 0.628. The van der Waals surface area contributed by atoms with E-state index >= 15 is 0 Å². The molecule has 0 atom stereocenters. The summed E-state index contributed by atoms with van der Waals surface area (Å²) >= 11 is 0. The molecule has 0 unspecified atom stereocenters. The molecule has 3 heteroatoms. The van der Waals surface area contributed by atoms with E-state index in [0.29, 0.717) is 0 Å². The highest BCUT2D eigenvalue weighted by Gasteiger charge is 2.01. The summed E-state index contributed by atoms with van der Waals surface area (Å²) in [6, 6.07) is 6.13. The number of hydrogen-bond donors (Lipinski definition) is 2. The molecule has 0 bridgehead atoms. The van der Waals surface area contributed by atoms with Crippen molar-refractivity contribution in [1.29, 1.82) is 0 Å². The van der Waals surface area contributed by atoms with Crippen LogP contribution in [0.5, 0.6) is 5.75 Å². The van der Waals surface area contributed by atoms with E-state index in [0.717, 1.165) is 31.9 Å². The second-order valence-electron chi connectivity index (χ2n) is 3.99. The van der Waals surface area contributed by atoms with Crippen LogP contribution in [0.1, 0.15) is 17.5 Å². The van der Waals surface area contributed by atoms with Crippen LogP contribution in [0.3, 0.4) is 0 Å². The average molecular weight is 224 g/mol. The van der Waals surface area contributed by atoms with Crippen LogP contribution in [0.2, 0.25) is 0 Å². The molecule has 0 aliphatic carbocycles. The van der Waals surface area contributed by atoms with Crippen LogP contribution in [0, 0.1) is 13.8 Å². The number of benzene rings is 1. The van der Waals surface area contributed by atoms with Crippen molar-refractivity contribution in [2.24, 2.45) is 0 Å². The Morgan fingerprint density at radius 1 is 1.25 bits per heavy atom. The van der Waals surface area contributed by atoms with Crippen molar-refractivity contribution in [2.75, 3.05) is 26.3 Å². The van der Waals surface area contributed by atoms with Gasteiger partial charge in [0.2, 0.25) is 0 Å². The Kier molecular flexibility index (Phi) is 5.90. The third-order valence-electron chi connectivity index (χ3n) is 2.70. The van der Waals surface area contributed by atoms with E-state index < -0.39 is 0 Å². The molecule has 1 aromatic carbocycles. The van der Waals surface area contributed by atoms with Crippen molar-refractivity contribution < 1.29 is 15.2 Å². The van der Waals surface area contributed by atoms with Crippen molar-refractivity contribution in [3.63, 3.8) is 0 Å². The van der Waals surface area contributed by atoms with Gasteiger partial charge in [0.1, 0.15) is 5.75 Å². The number of ether oxygens (including phenoxy) is 1. The van der Waals surface area contributed by atoms with Crippen molar-refractivity contribution in [1.82, 2.24) is 0 Å². The van der Waals surface area contributed by atoms with Gasteiger partial charge in [-0.1, -0.05) is 12.1 Å². The van der Waals surface area contributed by atoms with Gasteiger partial charge in [0.05, 0.1) is 26.3 Å². The summed E-state index contributed by atoms with van der Waals surface area (Å²) in [7, 11) is 0. The zero-order valence-electron chi connectivity index (χ0n) is 10.2. The normalized spacial score (nSPS) is 10.4. The maximum atomic E-state index is 8.61. The number of rotatable bonds is 7. The Bertz CT molecular complexity index is 313. The standard InChI is InChI=1S/C13H21NO2/c1-11-5-3-6-13(12(11)2)16-10-4-7-14-8-9-15/h3,5-6,14-15H,4,7-10H2,1-2H3/p+1. The summed E-state index contributed by atoms with van der Waals surface area (Å²) in [5.41, 5.74) is 2.49. The average Bonchev–Trinajstić information content (AvgIpc) is 2.29. The summed E-state index contributed by atoms with van der Waals surface area (Å²) < 4.78 is 5.72. The second-order valence-corrected chi connectivity index (χ2v) is 3.99. The van der Waals surface area contributed by atoms with Gasteiger partial charge in [0, 0.05) is 6.42 Å². The van der Waals surface area contributed by atoms with Crippen LogP contribution >= 0.6 is 0 Å². The molecule has 0 aliphatic heterocycles. The third-order valence-corrected chi connectivity index (χ3v) is 2.70. The molecule has 0 spiro atoms. The summed E-state index contributed by atoms with van der Waals surface area (Å²) in [6.07, 6.45) is 1.01. The molecule has 0 aliphatic rings. The number of aliphatic hydroxyl groups excluding tert-OH is 1. The van der Waals surface area contributed by atoms with E-state index in [4.69, 9.17) is 9.84 Å². The monoisotopic (exact) mass is 224 g/mol. The van der Waals surface area contributed by atoms with Crippen LogP contribution in [-0.2, 0) is 0 Å². The van der Waals surface area contributed by atoms with Gasteiger partial charge in [0.25, 0.3) is 0 Å². The fourth-order valence-electron chi connectivity index (χ4n) is 1.53. The van der Waals surface area contributed by atoms with Gasteiger partial charge in [0.15, 0.2) is 0 Å². The molecular weight excluding hydrogens is 202 g/mol. The molecule has 0 amide bonds. The molecule has 90 valence electrons. The fraction of sp³-hybridized carbons (Fsp3) is 0.538. The first kappa shape index (κ1) is 13.0. The van der Waals surface area contributed by atoms with E-state index in [1.807, 2.05) is 12.1 Å². The highest BCUT2D eigenvalue weighted by Crippen LogP contribution is 2.20. The lowest BCUT2D eigenvalue weighted by atomic mass is 10.1. The summed E-state index contributed by atoms with van der Waals surface area (Å²) in [5.74, 6) is 0.988. The van der Waals surface area contributed by atoms with E-state index in [-0.39, 0.29) is 6.61 Å². The lowest BCUT2D eigenvalue weighted by molar-refractivity contribution is -0.656. The van der Waals surface area contributed by atoms with E-state index in [9.17, 15) is 0 Å². The molecule has 0 heterocycles. The van der Waals surface area contributed by atoms with Crippen LogP contribution in [-0.4, -0.2) is 31.4 Å². The highest BCUT2D eigenvalue weighted by molar-refractivity contribution is 5.38. The van der Waals surface area contributed by atoms with Gasteiger partial charge < -0.3 is 15.2 Å². The van der Waals surface area contributed by atoms with E-state index in [1.165, 1.54) is 11.1 Å². The topological polar surface area (TPSA) is 46.1 Å². The molecule has 16 heavy (non-hydrogen) atoms. The van der Waals surface area contributed by atoms with Crippen LogP contribution in [0.15, 0.2) is 18.2 Å². The van der Waals surface area contributed by atoms with Crippen molar-refractivity contribution >= 4 is 0 Å². The summed E-state index contributed by atoms with van der Waals surface area (Å²) in [4.78, 5) is 0. The number of nitrogens with two attached hydrogens (primary N) is 1. The SMILES string of the molecule is Cc1cccc(OCCC[NH2+]CCO)c1C. The smallest absolute Gasteiger partial charge is 0.122 e. The van der Waals surface area contributed by atoms with Gasteiger partial charge in [-0.2, -0.15) is 0 Å². The van der Waals surface area contributed by atoms with Crippen LogP contribution in [0.25, 0.3) is 0 Å².